The number of hydrogen-bond acceptors (Lipinski definition) is 3. The van der Waals surface area contributed by atoms with E-state index in [0.29, 0.717) is 5.56 Å². The molecule has 21 heavy (non-hydrogen) atoms. The molecule has 1 amide bonds. The number of methoxy groups -OCH3 is 1. The predicted octanol–water partition coefficient (Wildman–Crippen LogP) is 2.16. The fourth-order valence-electron chi connectivity index (χ4n) is 2.04. The minimum Gasteiger partial charge on any atom is -0.467 e. The van der Waals surface area contributed by atoms with Gasteiger partial charge in [-0.2, -0.15) is 0 Å². The van der Waals surface area contributed by atoms with E-state index < -0.39 is 11.5 Å². The zero-order chi connectivity index (χ0) is 15.5. The fourth-order valence-corrected chi connectivity index (χ4v) is 2.04. The summed E-state index contributed by atoms with van der Waals surface area (Å²) in [6.45, 7) is 3.21. The Balaban J connectivity index is 2.31. The van der Waals surface area contributed by atoms with Crippen LogP contribution >= 0.6 is 0 Å². The van der Waals surface area contributed by atoms with E-state index in [-0.39, 0.29) is 5.91 Å². The van der Waals surface area contributed by atoms with Crippen molar-refractivity contribution in [2.75, 3.05) is 7.11 Å². The van der Waals surface area contributed by atoms with Crippen LogP contribution in [0.3, 0.4) is 0 Å². The molecule has 0 fully saturated rings. The number of esters is 1. The van der Waals surface area contributed by atoms with Gasteiger partial charge in [0.05, 0.1) is 18.4 Å². The number of ether oxygens (including phenoxy) is 1. The molecule has 0 aliphatic carbocycles. The molecule has 1 aromatic heterocycles. The molecule has 0 aliphatic rings. The van der Waals surface area contributed by atoms with Crippen LogP contribution in [0.4, 0.5) is 0 Å². The first-order valence-electron chi connectivity index (χ1n) is 6.59. The Morgan fingerprint density at radius 1 is 1.10 bits per heavy atom. The van der Waals surface area contributed by atoms with Gasteiger partial charge in [-0.15, -0.1) is 0 Å². The second-order valence-electron chi connectivity index (χ2n) is 5.18. The van der Waals surface area contributed by atoms with E-state index in [1.165, 1.54) is 7.11 Å². The standard InChI is InChI=1S/C16H18N2O3/c1-16(2,15(20)21-3)17-14(19)12-8-4-5-9-13(12)18-10-6-7-11-18/h4-11H,1-3H3,(H,17,19). The molecule has 0 unspecified atom stereocenters. The molecular formula is C16H18N2O3. The largest absolute Gasteiger partial charge is 0.467 e. The van der Waals surface area contributed by atoms with Crippen molar-refractivity contribution in [2.24, 2.45) is 0 Å². The van der Waals surface area contributed by atoms with Crippen molar-refractivity contribution < 1.29 is 14.3 Å². The second kappa shape index (κ2) is 5.83. The van der Waals surface area contributed by atoms with Crippen molar-refractivity contribution in [2.45, 2.75) is 19.4 Å². The average molecular weight is 286 g/mol. The summed E-state index contributed by atoms with van der Waals surface area (Å²) in [7, 11) is 1.30. The summed E-state index contributed by atoms with van der Waals surface area (Å²) in [5.74, 6) is -0.816. The summed E-state index contributed by atoms with van der Waals surface area (Å²) in [6, 6.07) is 11.0. The molecule has 1 aromatic carbocycles. The topological polar surface area (TPSA) is 60.3 Å². The number of carbonyl (C=O) groups excluding carboxylic acids is 2. The number of benzene rings is 1. The van der Waals surface area contributed by atoms with Crippen LogP contribution in [-0.4, -0.2) is 29.1 Å². The van der Waals surface area contributed by atoms with Gasteiger partial charge in [-0.05, 0) is 38.1 Å². The van der Waals surface area contributed by atoms with Gasteiger partial charge in [-0.3, -0.25) is 4.79 Å². The monoisotopic (exact) mass is 286 g/mol. The third-order valence-corrected chi connectivity index (χ3v) is 3.15. The van der Waals surface area contributed by atoms with Crippen molar-refractivity contribution in [3.05, 3.63) is 54.4 Å². The second-order valence-corrected chi connectivity index (χ2v) is 5.18. The molecule has 1 heterocycles. The number of hydrogen-bond donors (Lipinski definition) is 1. The van der Waals surface area contributed by atoms with Gasteiger partial charge in [-0.25, -0.2) is 4.79 Å². The molecule has 0 spiro atoms. The van der Waals surface area contributed by atoms with Crippen LogP contribution in [0.25, 0.3) is 5.69 Å². The van der Waals surface area contributed by atoms with Crippen LogP contribution in [0.1, 0.15) is 24.2 Å². The van der Waals surface area contributed by atoms with E-state index in [1.54, 1.807) is 26.0 Å². The van der Waals surface area contributed by atoms with Crippen molar-refractivity contribution in [3.8, 4) is 5.69 Å². The average Bonchev–Trinajstić information content (AvgIpc) is 3.00. The Bertz CT molecular complexity index is 645. The molecular weight excluding hydrogens is 268 g/mol. The first kappa shape index (κ1) is 14.8. The number of amides is 1. The molecule has 0 aliphatic heterocycles. The highest BCUT2D eigenvalue weighted by molar-refractivity contribution is 6.00. The van der Waals surface area contributed by atoms with Crippen molar-refractivity contribution >= 4 is 11.9 Å². The quantitative estimate of drug-likeness (QED) is 0.876. The highest BCUT2D eigenvalue weighted by Crippen LogP contribution is 2.16. The maximum absolute atomic E-state index is 12.5. The molecule has 2 aromatic rings. The number of nitrogens with zero attached hydrogens (tertiary/aromatic N) is 1. The summed E-state index contributed by atoms with van der Waals surface area (Å²) in [4.78, 5) is 24.1. The molecule has 5 heteroatoms. The van der Waals surface area contributed by atoms with Gasteiger partial charge in [0.2, 0.25) is 0 Å². The normalized spacial score (nSPS) is 11.0. The van der Waals surface area contributed by atoms with E-state index in [1.807, 2.05) is 41.2 Å². The third-order valence-electron chi connectivity index (χ3n) is 3.15. The number of rotatable bonds is 4. The zero-order valence-electron chi connectivity index (χ0n) is 12.3. The van der Waals surface area contributed by atoms with E-state index in [9.17, 15) is 9.59 Å². The highest BCUT2D eigenvalue weighted by atomic mass is 16.5. The molecule has 0 radical (unpaired) electrons. The van der Waals surface area contributed by atoms with Gasteiger partial charge >= 0.3 is 5.97 Å². The minimum absolute atomic E-state index is 0.324. The first-order chi connectivity index (χ1) is 9.95. The molecule has 0 atom stereocenters. The zero-order valence-corrected chi connectivity index (χ0v) is 12.3. The third kappa shape index (κ3) is 3.13. The molecule has 0 bridgehead atoms. The van der Waals surface area contributed by atoms with Crippen molar-refractivity contribution in [1.82, 2.24) is 9.88 Å². The van der Waals surface area contributed by atoms with Gasteiger partial charge in [0.15, 0.2) is 0 Å². The van der Waals surface area contributed by atoms with Crippen LogP contribution in [0.15, 0.2) is 48.8 Å². The number of para-hydroxylation sites is 1. The molecule has 1 N–H and O–H groups in total. The van der Waals surface area contributed by atoms with Crippen LogP contribution in [-0.2, 0) is 9.53 Å². The first-order valence-corrected chi connectivity index (χ1v) is 6.59. The maximum Gasteiger partial charge on any atom is 0.330 e. The van der Waals surface area contributed by atoms with E-state index in [2.05, 4.69) is 5.32 Å². The summed E-state index contributed by atoms with van der Waals surface area (Å²) in [5.41, 5.74) is 0.154. The van der Waals surface area contributed by atoms with Crippen molar-refractivity contribution in [3.63, 3.8) is 0 Å². The van der Waals surface area contributed by atoms with Gasteiger partial charge in [0.1, 0.15) is 5.54 Å². The summed E-state index contributed by atoms with van der Waals surface area (Å²) >= 11 is 0. The van der Waals surface area contributed by atoms with Gasteiger partial charge in [-0.1, -0.05) is 12.1 Å². The smallest absolute Gasteiger partial charge is 0.330 e. The van der Waals surface area contributed by atoms with Gasteiger partial charge in [0, 0.05) is 12.4 Å². The molecule has 2 rings (SSSR count). The Labute approximate surface area is 123 Å². The number of carbonyl (C=O) groups is 2. The maximum atomic E-state index is 12.5. The Morgan fingerprint density at radius 2 is 1.71 bits per heavy atom. The Hall–Kier alpha value is -2.56. The van der Waals surface area contributed by atoms with Crippen LogP contribution in [0.5, 0.6) is 0 Å². The summed E-state index contributed by atoms with van der Waals surface area (Å²) < 4.78 is 6.54. The summed E-state index contributed by atoms with van der Waals surface area (Å²) in [5, 5.41) is 2.70. The Morgan fingerprint density at radius 3 is 2.33 bits per heavy atom. The van der Waals surface area contributed by atoms with Crippen LogP contribution in [0, 0.1) is 0 Å². The minimum atomic E-state index is -1.09. The molecule has 0 saturated heterocycles. The Kier molecular flexibility index (Phi) is 4.12. The number of nitrogens with one attached hydrogen (secondary N) is 1. The summed E-state index contributed by atoms with van der Waals surface area (Å²) in [6.07, 6.45) is 3.72. The predicted molar refractivity (Wildman–Crippen MR) is 79.3 cm³/mol. The van der Waals surface area contributed by atoms with E-state index >= 15 is 0 Å². The van der Waals surface area contributed by atoms with Crippen LogP contribution < -0.4 is 5.32 Å². The van der Waals surface area contributed by atoms with Gasteiger partial charge in [0.25, 0.3) is 5.91 Å². The highest BCUT2D eigenvalue weighted by Gasteiger charge is 2.31. The van der Waals surface area contributed by atoms with E-state index in [4.69, 9.17) is 4.74 Å². The van der Waals surface area contributed by atoms with Crippen molar-refractivity contribution in [1.29, 1.82) is 0 Å². The lowest BCUT2D eigenvalue weighted by Crippen LogP contribution is -2.50. The number of aromatic nitrogens is 1. The lowest BCUT2D eigenvalue weighted by atomic mass is 10.0. The lowest BCUT2D eigenvalue weighted by molar-refractivity contribution is -0.146. The fraction of sp³-hybridized carbons (Fsp3) is 0.250. The van der Waals surface area contributed by atoms with Gasteiger partial charge < -0.3 is 14.6 Å². The molecule has 110 valence electrons. The van der Waals surface area contributed by atoms with E-state index in [0.717, 1.165) is 5.69 Å². The van der Waals surface area contributed by atoms with Crippen LogP contribution in [0.2, 0.25) is 0 Å². The molecule has 0 saturated carbocycles. The lowest BCUT2D eigenvalue weighted by Gasteiger charge is -2.23. The SMILES string of the molecule is COC(=O)C(C)(C)NC(=O)c1ccccc1-n1cccc1. The molecule has 5 nitrogen and oxygen atoms in total.